The SMILES string of the molecule is COC=O.Nc1nccc2nn(-c3c(Cl)cccc3Cl)cc12. The molecule has 0 amide bonds. The highest BCUT2D eigenvalue weighted by Gasteiger charge is 2.11. The van der Waals surface area contributed by atoms with Gasteiger partial charge in [0.05, 0.1) is 28.1 Å². The van der Waals surface area contributed by atoms with Crippen molar-refractivity contribution < 1.29 is 9.53 Å². The molecule has 2 heterocycles. The molecule has 22 heavy (non-hydrogen) atoms. The minimum Gasteiger partial charge on any atom is -0.471 e. The minimum atomic E-state index is 0.375. The Balaban J connectivity index is 0.000000396. The largest absolute Gasteiger partial charge is 0.471 e. The first kappa shape index (κ1) is 16.1. The molecule has 0 fully saturated rings. The van der Waals surface area contributed by atoms with Crippen molar-refractivity contribution in [3.05, 3.63) is 46.7 Å². The number of nitrogen functional groups attached to an aromatic ring is 1. The predicted octanol–water partition coefficient (Wildman–Crippen LogP) is 3.10. The molecular weight excluding hydrogens is 327 g/mol. The van der Waals surface area contributed by atoms with Crippen LogP contribution in [-0.4, -0.2) is 28.3 Å². The molecule has 3 aromatic rings. The molecule has 0 unspecified atom stereocenters. The van der Waals surface area contributed by atoms with E-state index in [0.717, 1.165) is 10.9 Å². The van der Waals surface area contributed by atoms with Gasteiger partial charge in [-0.1, -0.05) is 29.3 Å². The molecule has 0 atom stereocenters. The monoisotopic (exact) mass is 338 g/mol. The first-order valence-electron chi connectivity index (χ1n) is 6.09. The summed E-state index contributed by atoms with van der Waals surface area (Å²) in [5.74, 6) is 0.432. The maximum absolute atomic E-state index is 8.95. The molecule has 6 nitrogen and oxygen atoms in total. The molecule has 0 aliphatic heterocycles. The number of nitrogens with two attached hydrogens (primary N) is 1. The number of aromatic nitrogens is 3. The van der Waals surface area contributed by atoms with E-state index in [4.69, 9.17) is 33.7 Å². The fourth-order valence-corrected chi connectivity index (χ4v) is 2.36. The van der Waals surface area contributed by atoms with Crippen LogP contribution in [0.3, 0.4) is 0 Å². The Morgan fingerprint density at radius 1 is 1.27 bits per heavy atom. The van der Waals surface area contributed by atoms with Gasteiger partial charge in [-0.05, 0) is 18.2 Å². The lowest BCUT2D eigenvalue weighted by atomic mass is 10.3. The van der Waals surface area contributed by atoms with Crippen LogP contribution in [-0.2, 0) is 9.53 Å². The summed E-state index contributed by atoms with van der Waals surface area (Å²) in [5, 5.41) is 6.22. The van der Waals surface area contributed by atoms with Crippen molar-refractivity contribution in [1.82, 2.24) is 14.8 Å². The van der Waals surface area contributed by atoms with Gasteiger partial charge in [0.15, 0.2) is 0 Å². The summed E-state index contributed by atoms with van der Waals surface area (Å²) in [5.41, 5.74) is 7.18. The van der Waals surface area contributed by atoms with Gasteiger partial charge >= 0.3 is 0 Å². The number of nitrogens with zero attached hydrogens (tertiary/aromatic N) is 3. The fourth-order valence-electron chi connectivity index (χ4n) is 1.79. The van der Waals surface area contributed by atoms with Crippen molar-refractivity contribution in [2.75, 3.05) is 12.8 Å². The fraction of sp³-hybridized carbons (Fsp3) is 0.0714. The highest BCUT2D eigenvalue weighted by molar-refractivity contribution is 6.37. The summed E-state index contributed by atoms with van der Waals surface area (Å²) >= 11 is 12.3. The van der Waals surface area contributed by atoms with Gasteiger partial charge in [0.1, 0.15) is 11.5 Å². The molecule has 2 N–H and O–H groups in total. The number of pyridine rings is 1. The molecule has 3 rings (SSSR count). The van der Waals surface area contributed by atoms with E-state index in [1.54, 1.807) is 41.3 Å². The zero-order valence-electron chi connectivity index (χ0n) is 11.5. The van der Waals surface area contributed by atoms with E-state index in [-0.39, 0.29) is 0 Å². The van der Waals surface area contributed by atoms with Crippen LogP contribution in [0, 0.1) is 0 Å². The second-order valence-electron chi connectivity index (χ2n) is 4.10. The molecule has 0 bridgehead atoms. The molecule has 0 saturated carbocycles. The average molecular weight is 339 g/mol. The third-order valence-electron chi connectivity index (χ3n) is 2.73. The standard InChI is InChI=1S/C12H8Cl2N4.C2H4O2/c13-8-2-1-3-9(14)11(8)18-6-7-10(17-18)4-5-16-12(7)15;1-4-2-3/h1-6H,(H2,15,16);2H,1H3. The van der Waals surface area contributed by atoms with Gasteiger partial charge < -0.3 is 10.5 Å². The molecule has 0 saturated heterocycles. The van der Waals surface area contributed by atoms with E-state index in [2.05, 4.69) is 14.8 Å². The van der Waals surface area contributed by atoms with Crippen LogP contribution in [0.2, 0.25) is 10.0 Å². The van der Waals surface area contributed by atoms with Gasteiger partial charge in [0.25, 0.3) is 6.47 Å². The Bertz CT molecular complexity index is 784. The molecule has 0 radical (unpaired) electrons. The second kappa shape index (κ2) is 7.11. The van der Waals surface area contributed by atoms with Gasteiger partial charge in [-0.15, -0.1) is 0 Å². The summed E-state index contributed by atoms with van der Waals surface area (Å²) in [6.45, 7) is 0.375. The first-order chi connectivity index (χ1) is 10.6. The van der Waals surface area contributed by atoms with E-state index in [9.17, 15) is 0 Å². The number of ether oxygens (including phenoxy) is 1. The quantitative estimate of drug-likeness (QED) is 0.726. The molecule has 0 aliphatic carbocycles. The number of carbonyl (C=O) groups excluding carboxylic acids is 1. The zero-order valence-corrected chi connectivity index (χ0v) is 13.0. The predicted molar refractivity (Wildman–Crippen MR) is 86.4 cm³/mol. The Morgan fingerprint density at radius 3 is 2.45 bits per heavy atom. The van der Waals surface area contributed by atoms with Crippen LogP contribution in [0.1, 0.15) is 0 Å². The van der Waals surface area contributed by atoms with Gasteiger partial charge in [-0.25, -0.2) is 9.67 Å². The zero-order chi connectivity index (χ0) is 16.1. The number of anilines is 1. The lowest BCUT2D eigenvalue weighted by molar-refractivity contribution is -0.126. The third-order valence-corrected chi connectivity index (χ3v) is 3.34. The van der Waals surface area contributed by atoms with Crippen LogP contribution >= 0.6 is 23.2 Å². The number of rotatable bonds is 2. The Labute approximate surface area is 136 Å². The van der Waals surface area contributed by atoms with Gasteiger partial charge in [0, 0.05) is 12.4 Å². The van der Waals surface area contributed by atoms with Crippen molar-refractivity contribution in [2.45, 2.75) is 0 Å². The molecule has 0 spiro atoms. The molecule has 0 aliphatic rings. The van der Waals surface area contributed by atoms with Gasteiger partial charge in [-0.3, -0.25) is 4.79 Å². The van der Waals surface area contributed by atoms with Crippen LogP contribution in [0.5, 0.6) is 0 Å². The van der Waals surface area contributed by atoms with Crippen molar-refractivity contribution in [2.24, 2.45) is 0 Å². The smallest absolute Gasteiger partial charge is 0.292 e. The van der Waals surface area contributed by atoms with Crippen molar-refractivity contribution >= 4 is 46.4 Å². The topological polar surface area (TPSA) is 83.0 Å². The van der Waals surface area contributed by atoms with Crippen LogP contribution < -0.4 is 5.73 Å². The lowest BCUT2D eigenvalue weighted by Gasteiger charge is -2.05. The Morgan fingerprint density at radius 2 is 1.91 bits per heavy atom. The average Bonchev–Trinajstić information content (AvgIpc) is 2.92. The summed E-state index contributed by atoms with van der Waals surface area (Å²) in [6, 6.07) is 7.09. The molecular formula is C14H12Cl2N4O2. The minimum absolute atomic E-state index is 0.375. The second-order valence-corrected chi connectivity index (χ2v) is 4.92. The van der Waals surface area contributed by atoms with Gasteiger partial charge in [0.2, 0.25) is 0 Å². The highest BCUT2D eigenvalue weighted by atomic mass is 35.5. The number of hydrogen-bond donors (Lipinski definition) is 1. The van der Waals surface area contributed by atoms with Crippen molar-refractivity contribution in [1.29, 1.82) is 0 Å². The Kier molecular flexibility index (Phi) is 5.19. The maximum atomic E-state index is 8.95. The number of halogens is 2. The van der Waals surface area contributed by atoms with E-state index < -0.39 is 0 Å². The summed E-state index contributed by atoms with van der Waals surface area (Å²) < 4.78 is 5.48. The number of methoxy groups -OCH3 is 1. The van der Waals surface area contributed by atoms with Crippen LogP contribution in [0.15, 0.2) is 36.7 Å². The molecule has 1 aromatic carbocycles. The molecule has 2 aromatic heterocycles. The van der Waals surface area contributed by atoms with E-state index in [0.29, 0.717) is 28.0 Å². The number of carbonyl (C=O) groups is 1. The van der Waals surface area contributed by atoms with Crippen molar-refractivity contribution in [3.63, 3.8) is 0 Å². The third kappa shape index (κ3) is 3.29. The summed E-state index contributed by atoms with van der Waals surface area (Å²) in [6.07, 6.45) is 3.38. The number of hydrogen-bond acceptors (Lipinski definition) is 5. The highest BCUT2D eigenvalue weighted by Crippen LogP contribution is 2.29. The number of fused-ring (bicyclic) bond motifs is 1. The number of benzene rings is 1. The summed E-state index contributed by atoms with van der Waals surface area (Å²) in [4.78, 5) is 13.0. The Hall–Kier alpha value is -2.31. The molecule has 114 valence electrons. The van der Waals surface area contributed by atoms with E-state index in [1.165, 1.54) is 7.11 Å². The van der Waals surface area contributed by atoms with Crippen molar-refractivity contribution in [3.8, 4) is 5.69 Å². The first-order valence-corrected chi connectivity index (χ1v) is 6.84. The van der Waals surface area contributed by atoms with Gasteiger partial charge in [-0.2, -0.15) is 5.10 Å². The lowest BCUT2D eigenvalue weighted by Crippen LogP contribution is -1.96. The van der Waals surface area contributed by atoms with E-state index in [1.807, 2.05) is 0 Å². The maximum Gasteiger partial charge on any atom is 0.292 e. The van der Waals surface area contributed by atoms with Crippen LogP contribution in [0.4, 0.5) is 5.82 Å². The summed E-state index contributed by atoms with van der Waals surface area (Å²) in [7, 11) is 1.31. The van der Waals surface area contributed by atoms with Crippen LogP contribution in [0.25, 0.3) is 16.6 Å². The van der Waals surface area contributed by atoms with E-state index >= 15 is 0 Å². The normalized spacial score (nSPS) is 9.95. The molecule has 8 heteroatoms. The number of para-hydroxylation sites is 1.